The standard InChI is InChI=1S/C14H17IN2O3/c1-2-10-4-3-7-17(10)14(20)16-12-6-5-9(15)8-11(12)13(18)19/h5-6,8,10H,2-4,7H2,1H3,(H,16,20)(H,18,19). The summed E-state index contributed by atoms with van der Waals surface area (Å²) in [5.41, 5.74) is 0.474. The van der Waals surface area contributed by atoms with Gasteiger partial charge in [-0.3, -0.25) is 0 Å². The van der Waals surface area contributed by atoms with Gasteiger partial charge >= 0.3 is 12.0 Å². The number of anilines is 1. The Bertz CT molecular complexity index is 533. The molecular weight excluding hydrogens is 371 g/mol. The van der Waals surface area contributed by atoms with Gasteiger partial charge in [-0.25, -0.2) is 9.59 Å². The van der Waals surface area contributed by atoms with E-state index in [1.54, 1.807) is 23.1 Å². The summed E-state index contributed by atoms with van der Waals surface area (Å²) < 4.78 is 0.825. The molecular formula is C14H17IN2O3. The van der Waals surface area contributed by atoms with Crippen molar-refractivity contribution in [3.05, 3.63) is 27.3 Å². The molecule has 0 aliphatic carbocycles. The number of carboxylic acids is 1. The molecule has 1 aliphatic rings. The van der Waals surface area contributed by atoms with E-state index in [9.17, 15) is 14.7 Å². The molecule has 1 aromatic carbocycles. The average Bonchev–Trinajstić information content (AvgIpc) is 2.89. The number of nitrogens with zero attached hydrogens (tertiary/aromatic N) is 1. The predicted octanol–water partition coefficient (Wildman–Crippen LogP) is 3.40. The van der Waals surface area contributed by atoms with E-state index in [1.807, 2.05) is 0 Å². The number of carbonyl (C=O) groups excluding carboxylic acids is 1. The molecule has 6 heteroatoms. The van der Waals surface area contributed by atoms with Crippen LogP contribution in [-0.2, 0) is 0 Å². The topological polar surface area (TPSA) is 69.6 Å². The molecule has 0 spiro atoms. The molecule has 1 heterocycles. The maximum absolute atomic E-state index is 12.3. The van der Waals surface area contributed by atoms with Crippen molar-refractivity contribution >= 4 is 40.3 Å². The average molecular weight is 388 g/mol. The van der Waals surface area contributed by atoms with E-state index >= 15 is 0 Å². The normalized spacial score (nSPS) is 18.1. The van der Waals surface area contributed by atoms with Crippen molar-refractivity contribution in [3.63, 3.8) is 0 Å². The Labute approximate surface area is 131 Å². The Morgan fingerprint density at radius 2 is 2.25 bits per heavy atom. The molecule has 20 heavy (non-hydrogen) atoms. The van der Waals surface area contributed by atoms with Gasteiger partial charge in [0.15, 0.2) is 0 Å². The largest absolute Gasteiger partial charge is 0.478 e. The minimum Gasteiger partial charge on any atom is -0.478 e. The highest BCUT2D eigenvalue weighted by Gasteiger charge is 2.27. The summed E-state index contributed by atoms with van der Waals surface area (Å²) in [7, 11) is 0. The van der Waals surface area contributed by atoms with Crippen molar-refractivity contribution in [1.29, 1.82) is 0 Å². The first-order chi connectivity index (χ1) is 9.52. The first-order valence-corrected chi connectivity index (χ1v) is 7.71. The third-order valence-electron chi connectivity index (χ3n) is 3.56. The summed E-state index contributed by atoms with van der Waals surface area (Å²) in [5, 5.41) is 11.9. The molecule has 1 saturated heterocycles. The number of hydrogen-bond donors (Lipinski definition) is 2. The first-order valence-electron chi connectivity index (χ1n) is 6.63. The fourth-order valence-corrected chi connectivity index (χ4v) is 3.01. The lowest BCUT2D eigenvalue weighted by molar-refractivity contribution is 0.0698. The molecule has 1 unspecified atom stereocenters. The lowest BCUT2D eigenvalue weighted by Crippen LogP contribution is -2.38. The molecule has 2 N–H and O–H groups in total. The van der Waals surface area contributed by atoms with Crippen molar-refractivity contribution in [3.8, 4) is 0 Å². The van der Waals surface area contributed by atoms with Crippen LogP contribution in [0.3, 0.4) is 0 Å². The number of aromatic carboxylic acids is 1. The molecule has 2 amide bonds. The summed E-state index contributed by atoms with van der Waals surface area (Å²) >= 11 is 2.05. The molecule has 1 atom stereocenters. The van der Waals surface area contributed by atoms with E-state index in [0.717, 1.165) is 29.4 Å². The molecule has 0 bridgehead atoms. The highest BCUT2D eigenvalue weighted by atomic mass is 127. The van der Waals surface area contributed by atoms with Crippen LogP contribution in [-0.4, -0.2) is 34.6 Å². The monoisotopic (exact) mass is 388 g/mol. The van der Waals surface area contributed by atoms with Crippen LogP contribution in [0, 0.1) is 3.57 Å². The van der Waals surface area contributed by atoms with E-state index < -0.39 is 5.97 Å². The molecule has 0 aromatic heterocycles. The fourth-order valence-electron chi connectivity index (χ4n) is 2.52. The lowest BCUT2D eigenvalue weighted by atomic mass is 10.1. The summed E-state index contributed by atoms with van der Waals surface area (Å²) in [4.78, 5) is 25.3. The second-order valence-electron chi connectivity index (χ2n) is 4.82. The number of carbonyl (C=O) groups is 2. The molecule has 0 radical (unpaired) electrons. The van der Waals surface area contributed by atoms with Gasteiger partial charge in [-0.15, -0.1) is 0 Å². The van der Waals surface area contributed by atoms with Gasteiger partial charge in [0.1, 0.15) is 0 Å². The summed E-state index contributed by atoms with van der Waals surface area (Å²) in [6.45, 7) is 2.79. The number of carboxylic acid groups (broad SMARTS) is 1. The maximum Gasteiger partial charge on any atom is 0.337 e. The van der Waals surface area contributed by atoms with Crippen molar-refractivity contribution in [2.45, 2.75) is 32.2 Å². The number of hydrogen-bond acceptors (Lipinski definition) is 2. The quantitative estimate of drug-likeness (QED) is 0.780. The van der Waals surface area contributed by atoms with Gasteiger partial charge in [0.25, 0.3) is 0 Å². The highest BCUT2D eigenvalue weighted by Crippen LogP contribution is 2.23. The summed E-state index contributed by atoms with van der Waals surface area (Å²) in [6, 6.07) is 5.02. The molecule has 2 rings (SSSR count). The predicted molar refractivity (Wildman–Crippen MR) is 85.2 cm³/mol. The van der Waals surface area contributed by atoms with Crippen molar-refractivity contribution in [2.24, 2.45) is 0 Å². The number of likely N-dealkylation sites (tertiary alicyclic amines) is 1. The van der Waals surface area contributed by atoms with Gasteiger partial charge in [-0.2, -0.15) is 0 Å². The van der Waals surface area contributed by atoms with Gasteiger partial charge < -0.3 is 15.3 Å². The van der Waals surface area contributed by atoms with Crippen LogP contribution >= 0.6 is 22.6 Å². The fraction of sp³-hybridized carbons (Fsp3) is 0.429. The molecule has 5 nitrogen and oxygen atoms in total. The molecule has 108 valence electrons. The third kappa shape index (κ3) is 3.23. The van der Waals surface area contributed by atoms with Crippen LogP contribution in [0.5, 0.6) is 0 Å². The van der Waals surface area contributed by atoms with Gasteiger partial charge in [0.05, 0.1) is 11.3 Å². The highest BCUT2D eigenvalue weighted by molar-refractivity contribution is 14.1. The van der Waals surface area contributed by atoms with Gasteiger partial charge in [0.2, 0.25) is 0 Å². The Hall–Kier alpha value is -1.31. The van der Waals surface area contributed by atoms with E-state index in [4.69, 9.17) is 0 Å². The third-order valence-corrected chi connectivity index (χ3v) is 4.23. The van der Waals surface area contributed by atoms with Gasteiger partial charge in [0, 0.05) is 16.2 Å². The number of halogens is 1. The van der Waals surface area contributed by atoms with Crippen molar-refractivity contribution in [1.82, 2.24) is 4.90 Å². The number of benzene rings is 1. The molecule has 1 aromatic rings. The molecule has 1 fully saturated rings. The number of amides is 2. The minimum absolute atomic E-state index is 0.123. The van der Waals surface area contributed by atoms with Gasteiger partial charge in [-0.05, 0) is 60.1 Å². The van der Waals surface area contributed by atoms with E-state index in [2.05, 4.69) is 34.8 Å². The van der Waals surface area contributed by atoms with E-state index in [0.29, 0.717) is 5.69 Å². The lowest BCUT2D eigenvalue weighted by Gasteiger charge is -2.24. The zero-order valence-electron chi connectivity index (χ0n) is 11.2. The molecule has 1 aliphatic heterocycles. The van der Waals surface area contributed by atoms with Crippen LogP contribution in [0.15, 0.2) is 18.2 Å². The van der Waals surface area contributed by atoms with Crippen LogP contribution < -0.4 is 5.32 Å². The Morgan fingerprint density at radius 1 is 1.50 bits per heavy atom. The van der Waals surface area contributed by atoms with Crippen molar-refractivity contribution in [2.75, 3.05) is 11.9 Å². The Balaban J connectivity index is 2.17. The van der Waals surface area contributed by atoms with Crippen molar-refractivity contribution < 1.29 is 14.7 Å². The van der Waals surface area contributed by atoms with E-state index in [1.165, 1.54) is 0 Å². The van der Waals surface area contributed by atoms with Gasteiger partial charge in [-0.1, -0.05) is 6.92 Å². The Morgan fingerprint density at radius 3 is 2.90 bits per heavy atom. The zero-order valence-corrected chi connectivity index (χ0v) is 13.4. The summed E-state index contributed by atoms with van der Waals surface area (Å²) in [6.07, 6.45) is 2.94. The SMILES string of the molecule is CCC1CCCN1C(=O)Nc1ccc(I)cc1C(=O)O. The zero-order chi connectivity index (χ0) is 14.7. The van der Waals surface area contributed by atoms with Crippen LogP contribution in [0.4, 0.5) is 10.5 Å². The summed E-state index contributed by atoms with van der Waals surface area (Å²) in [5.74, 6) is -1.03. The van der Waals surface area contributed by atoms with Crippen LogP contribution in [0.25, 0.3) is 0 Å². The molecule has 0 saturated carbocycles. The number of rotatable bonds is 3. The van der Waals surface area contributed by atoms with Crippen LogP contribution in [0.1, 0.15) is 36.5 Å². The van der Waals surface area contributed by atoms with Crippen LogP contribution in [0.2, 0.25) is 0 Å². The minimum atomic E-state index is -1.03. The van der Waals surface area contributed by atoms with E-state index in [-0.39, 0.29) is 17.6 Å². The Kier molecular flexibility index (Phi) is 4.85. The number of nitrogens with one attached hydrogen (secondary N) is 1. The maximum atomic E-state index is 12.3. The second-order valence-corrected chi connectivity index (χ2v) is 6.07. The second kappa shape index (κ2) is 6.43. The smallest absolute Gasteiger partial charge is 0.337 e. The number of urea groups is 1. The first kappa shape index (κ1) is 15.1.